The average molecular weight is 269 g/mol. The van der Waals surface area contributed by atoms with Gasteiger partial charge in [-0.05, 0) is 31.1 Å². The summed E-state index contributed by atoms with van der Waals surface area (Å²) in [5.74, 6) is 0. The number of nitrogens with one attached hydrogen (secondary N) is 1. The number of nitrogens with zero attached hydrogens (tertiary/aromatic N) is 1. The Balaban J connectivity index is 2.04. The third-order valence-corrected chi connectivity index (χ3v) is 2.93. The minimum Gasteiger partial charge on any atom is -0.497 e. The second-order valence-corrected chi connectivity index (χ2v) is 4.44. The summed E-state index contributed by atoms with van der Waals surface area (Å²) in [7, 11) is 0. The van der Waals surface area contributed by atoms with E-state index < -0.39 is 4.92 Å². The van der Waals surface area contributed by atoms with Gasteiger partial charge in [0, 0.05) is 11.1 Å². The van der Waals surface area contributed by atoms with Crippen LogP contribution in [0.1, 0.15) is 12.8 Å². The molecule has 6 heteroatoms. The zero-order chi connectivity index (χ0) is 13.0. The van der Waals surface area contributed by atoms with Gasteiger partial charge < -0.3 is 10.1 Å². The molecule has 1 aromatic carbocycles. The predicted octanol–water partition coefficient (Wildman–Crippen LogP) is 3.35. The number of anilines is 1. The molecule has 1 aliphatic heterocycles. The molecule has 0 fully saturated rings. The van der Waals surface area contributed by atoms with Crippen LogP contribution in [0.5, 0.6) is 0 Å². The fraction of sp³-hybridized carbons (Fsp3) is 0.333. The first-order valence-electron chi connectivity index (χ1n) is 5.65. The highest BCUT2D eigenvalue weighted by Crippen LogP contribution is 2.28. The molecule has 0 spiro atoms. The molecule has 2 rings (SSSR count). The van der Waals surface area contributed by atoms with Gasteiger partial charge in [-0.2, -0.15) is 0 Å². The Bertz CT molecular complexity index is 476. The van der Waals surface area contributed by atoms with E-state index in [1.165, 1.54) is 6.07 Å². The van der Waals surface area contributed by atoms with Crippen molar-refractivity contribution in [2.75, 3.05) is 11.9 Å². The van der Waals surface area contributed by atoms with Crippen LogP contribution in [0.25, 0.3) is 0 Å². The van der Waals surface area contributed by atoms with Gasteiger partial charge in [-0.3, -0.25) is 10.1 Å². The Kier molecular flexibility index (Phi) is 4.04. The molecule has 1 aliphatic rings. The van der Waals surface area contributed by atoms with Crippen molar-refractivity contribution in [2.45, 2.75) is 18.9 Å². The van der Waals surface area contributed by atoms with E-state index in [0.717, 1.165) is 12.8 Å². The minimum absolute atomic E-state index is 0.0196. The zero-order valence-electron chi connectivity index (χ0n) is 9.64. The SMILES string of the molecule is O=[N+]([O-])c1cc(Cl)ccc1NCC1CCC=CO1. The maximum atomic E-state index is 10.9. The summed E-state index contributed by atoms with van der Waals surface area (Å²) in [4.78, 5) is 10.4. The van der Waals surface area contributed by atoms with E-state index in [1.54, 1.807) is 18.4 Å². The Morgan fingerprint density at radius 3 is 3.06 bits per heavy atom. The molecule has 1 heterocycles. The van der Waals surface area contributed by atoms with E-state index in [2.05, 4.69) is 5.32 Å². The molecule has 18 heavy (non-hydrogen) atoms. The van der Waals surface area contributed by atoms with Crippen LogP contribution in [0, 0.1) is 10.1 Å². The van der Waals surface area contributed by atoms with Gasteiger partial charge >= 0.3 is 0 Å². The Morgan fingerprint density at radius 2 is 2.39 bits per heavy atom. The summed E-state index contributed by atoms with van der Waals surface area (Å²) >= 11 is 5.74. The van der Waals surface area contributed by atoms with Gasteiger partial charge in [0.15, 0.2) is 0 Å². The van der Waals surface area contributed by atoms with Crippen LogP contribution in [0.3, 0.4) is 0 Å². The number of benzene rings is 1. The minimum atomic E-state index is -0.449. The lowest BCUT2D eigenvalue weighted by Crippen LogP contribution is -2.23. The van der Waals surface area contributed by atoms with Crippen LogP contribution in [0.15, 0.2) is 30.5 Å². The smallest absolute Gasteiger partial charge is 0.293 e. The van der Waals surface area contributed by atoms with E-state index in [0.29, 0.717) is 17.3 Å². The quantitative estimate of drug-likeness (QED) is 0.672. The molecule has 0 saturated heterocycles. The molecule has 1 atom stereocenters. The lowest BCUT2D eigenvalue weighted by Gasteiger charge is -2.20. The van der Waals surface area contributed by atoms with Gasteiger partial charge in [0.2, 0.25) is 0 Å². The first kappa shape index (κ1) is 12.7. The first-order valence-corrected chi connectivity index (χ1v) is 6.03. The molecule has 0 aromatic heterocycles. The Morgan fingerprint density at radius 1 is 1.56 bits per heavy atom. The van der Waals surface area contributed by atoms with Crippen LogP contribution in [0.2, 0.25) is 5.02 Å². The molecule has 0 bridgehead atoms. The van der Waals surface area contributed by atoms with Crippen molar-refractivity contribution in [1.82, 2.24) is 0 Å². The van der Waals surface area contributed by atoms with Gasteiger partial charge in [0.25, 0.3) is 5.69 Å². The van der Waals surface area contributed by atoms with Crippen LogP contribution < -0.4 is 5.32 Å². The Labute approximate surface area is 110 Å². The number of hydrogen-bond donors (Lipinski definition) is 1. The molecule has 0 saturated carbocycles. The number of nitro benzene ring substituents is 1. The third kappa shape index (κ3) is 3.13. The molecular formula is C12H13ClN2O3. The third-order valence-electron chi connectivity index (χ3n) is 2.70. The topological polar surface area (TPSA) is 64.4 Å². The lowest BCUT2D eigenvalue weighted by molar-refractivity contribution is -0.383. The molecule has 0 radical (unpaired) electrons. The van der Waals surface area contributed by atoms with Crippen molar-refractivity contribution in [1.29, 1.82) is 0 Å². The van der Waals surface area contributed by atoms with Crippen molar-refractivity contribution >= 4 is 23.0 Å². The molecule has 1 N–H and O–H groups in total. The summed E-state index contributed by atoms with van der Waals surface area (Å²) in [5.41, 5.74) is 0.441. The standard InChI is InChI=1S/C12H13ClN2O3/c13-9-4-5-11(12(7-9)15(16)17)14-8-10-3-1-2-6-18-10/h2,4-7,10,14H,1,3,8H2. The van der Waals surface area contributed by atoms with Gasteiger partial charge in [0.1, 0.15) is 11.8 Å². The molecule has 1 unspecified atom stereocenters. The van der Waals surface area contributed by atoms with Crippen LogP contribution in [0.4, 0.5) is 11.4 Å². The Hall–Kier alpha value is -1.75. The van der Waals surface area contributed by atoms with E-state index in [9.17, 15) is 10.1 Å². The summed E-state index contributed by atoms with van der Waals surface area (Å²) in [5, 5.41) is 14.3. The zero-order valence-corrected chi connectivity index (χ0v) is 10.4. The van der Waals surface area contributed by atoms with Gasteiger partial charge in [-0.25, -0.2) is 0 Å². The van der Waals surface area contributed by atoms with Crippen molar-refractivity contribution in [3.8, 4) is 0 Å². The van der Waals surface area contributed by atoms with Crippen LogP contribution in [-0.2, 0) is 4.74 Å². The van der Waals surface area contributed by atoms with Gasteiger partial charge in [-0.15, -0.1) is 0 Å². The van der Waals surface area contributed by atoms with Gasteiger partial charge in [0.05, 0.1) is 17.7 Å². The number of allylic oxidation sites excluding steroid dienone is 1. The van der Waals surface area contributed by atoms with E-state index in [4.69, 9.17) is 16.3 Å². The number of rotatable bonds is 4. The van der Waals surface area contributed by atoms with E-state index in [-0.39, 0.29) is 11.8 Å². The summed E-state index contributed by atoms with van der Waals surface area (Å²) in [6, 6.07) is 4.57. The maximum absolute atomic E-state index is 10.9. The van der Waals surface area contributed by atoms with Crippen molar-refractivity contribution in [3.63, 3.8) is 0 Å². The van der Waals surface area contributed by atoms with Crippen LogP contribution in [-0.4, -0.2) is 17.6 Å². The second kappa shape index (κ2) is 5.73. The fourth-order valence-corrected chi connectivity index (χ4v) is 1.93. The lowest BCUT2D eigenvalue weighted by atomic mass is 10.1. The highest BCUT2D eigenvalue weighted by Gasteiger charge is 2.16. The molecule has 96 valence electrons. The second-order valence-electron chi connectivity index (χ2n) is 4.01. The number of hydrogen-bond acceptors (Lipinski definition) is 4. The summed E-state index contributed by atoms with van der Waals surface area (Å²) in [6.07, 6.45) is 5.55. The highest BCUT2D eigenvalue weighted by molar-refractivity contribution is 6.30. The first-order chi connectivity index (χ1) is 8.66. The predicted molar refractivity (Wildman–Crippen MR) is 69.8 cm³/mol. The van der Waals surface area contributed by atoms with E-state index in [1.807, 2.05) is 6.08 Å². The fourth-order valence-electron chi connectivity index (χ4n) is 1.76. The largest absolute Gasteiger partial charge is 0.497 e. The summed E-state index contributed by atoms with van der Waals surface area (Å²) < 4.78 is 5.38. The number of ether oxygens (including phenoxy) is 1. The molecule has 0 amide bonds. The van der Waals surface area contributed by atoms with Crippen molar-refractivity contribution in [2.24, 2.45) is 0 Å². The highest BCUT2D eigenvalue weighted by atomic mass is 35.5. The normalized spacial score (nSPS) is 18.2. The van der Waals surface area contributed by atoms with Crippen LogP contribution >= 0.6 is 11.6 Å². The molecule has 5 nitrogen and oxygen atoms in total. The number of nitro groups is 1. The van der Waals surface area contributed by atoms with Crippen molar-refractivity contribution in [3.05, 3.63) is 45.7 Å². The molecule has 1 aromatic rings. The van der Waals surface area contributed by atoms with Gasteiger partial charge in [-0.1, -0.05) is 11.6 Å². The van der Waals surface area contributed by atoms with E-state index >= 15 is 0 Å². The number of halogens is 1. The maximum Gasteiger partial charge on any atom is 0.293 e. The summed E-state index contributed by atoms with van der Waals surface area (Å²) in [6.45, 7) is 0.535. The molecule has 0 aliphatic carbocycles. The molecular weight excluding hydrogens is 256 g/mol. The van der Waals surface area contributed by atoms with Crippen molar-refractivity contribution < 1.29 is 9.66 Å². The monoisotopic (exact) mass is 268 g/mol. The average Bonchev–Trinajstić information content (AvgIpc) is 2.38.